The Labute approximate surface area is 184 Å². The molecule has 0 spiro atoms. The van der Waals surface area contributed by atoms with Gasteiger partial charge in [-0.05, 0) is 37.5 Å². The van der Waals surface area contributed by atoms with Gasteiger partial charge in [0.25, 0.3) is 0 Å². The third-order valence-corrected chi connectivity index (χ3v) is 5.45. The smallest absolute Gasteiger partial charge is 0.191 e. The van der Waals surface area contributed by atoms with E-state index in [4.69, 9.17) is 9.47 Å². The summed E-state index contributed by atoms with van der Waals surface area (Å²) in [5, 5.41) is 6.89. The molecule has 6 nitrogen and oxygen atoms in total. The molecule has 0 radical (unpaired) electrons. The minimum absolute atomic E-state index is 0.217. The van der Waals surface area contributed by atoms with Gasteiger partial charge in [-0.15, -0.1) is 0 Å². The van der Waals surface area contributed by atoms with E-state index in [2.05, 4.69) is 20.5 Å². The molecule has 7 heteroatoms. The van der Waals surface area contributed by atoms with E-state index in [1.165, 1.54) is 6.07 Å². The maximum Gasteiger partial charge on any atom is 0.191 e. The number of likely N-dealkylation sites (tertiary alicyclic amines) is 1. The van der Waals surface area contributed by atoms with Gasteiger partial charge in [-0.1, -0.05) is 30.3 Å². The Bertz CT molecular complexity index is 838. The number of hydrogen-bond donors (Lipinski definition) is 2. The lowest BCUT2D eigenvalue weighted by molar-refractivity contribution is 0.155. The van der Waals surface area contributed by atoms with Crippen LogP contribution in [0.1, 0.15) is 24.8 Å². The van der Waals surface area contributed by atoms with Crippen LogP contribution in [0.5, 0.6) is 11.5 Å². The number of guanidine groups is 1. The number of rotatable bonds is 9. The Morgan fingerprint density at radius 2 is 1.81 bits per heavy atom. The zero-order valence-electron chi connectivity index (χ0n) is 18.4. The lowest BCUT2D eigenvalue weighted by Crippen LogP contribution is -2.48. The first kappa shape index (κ1) is 23.0. The van der Waals surface area contributed by atoms with Crippen molar-refractivity contribution in [1.82, 2.24) is 15.5 Å². The first-order valence-corrected chi connectivity index (χ1v) is 10.9. The van der Waals surface area contributed by atoms with Gasteiger partial charge >= 0.3 is 0 Å². The lowest BCUT2D eigenvalue weighted by Gasteiger charge is -2.33. The van der Waals surface area contributed by atoms with Gasteiger partial charge in [0.2, 0.25) is 0 Å². The molecule has 0 aromatic heterocycles. The molecule has 2 aromatic carbocycles. The molecule has 0 atom stereocenters. The van der Waals surface area contributed by atoms with Crippen LogP contribution in [0.25, 0.3) is 0 Å². The van der Waals surface area contributed by atoms with Gasteiger partial charge in [-0.25, -0.2) is 4.39 Å². The number of para-hydroxylation sites is 2. The molecule has 1 fully saturated rings. The van der Waals surface area contributed by atoms with Crippen LogP contribution in [-0.4, -0.2) is 57.3 Å². The molecule has 1 aliphatic heterocycles. The van der Waals surface area contributed by atoms with Crippen molar-refractivity contribution in [3.8, 4) is 11.5 Å². The fourth-order valence-electron chi connectivity index (χ4n) is 3.70. The molecule has 1 saturated heterocycles. The number of piperidine rings is 1. The number of halogens is 1. The predicted octanol–water partition coefficient (Wildman–Crippen LogP) is 3.78. The summed E-state index contributed by atoms with van der Waals surface area (Å²) in [5.41, 5.74) is 0.932. The molecular weight excluding hydrogens is 395 g/mol. The van der Waals surface area contributed by atoms with Crippen molar-refractivity contribution in [2.45, 2.75) is 31.8 Å². The first-order valence-electron chi connectivity index (χ1n) is 10.9. The number of ether oxygens (including phenoxy) is 2. The van der Waals surface area contributed by atoms with E-state index in [-0.39, 0.29) is 11.6 Å². The van der Waals surface area contributed by atoms with E-state index in [1.807, 2.05) is 24.3 Å². The molecule has 2 aromatic rings. The zero-order chi connectivity index (χ0) is 21.9. The third-order valence-electron chi connectivity index (χ3n) is 5.45. The summed E-state index contributed by atoms with van der Waals surface area (Å²) in [6.45, 7) is 4.60. The number of methoxy groups -OCH3 is 1. The minimum Gasteiger partial charge on any atom is -0.454 e. The second-order valence-electron chi connectivity index (χ2n) is 7.67. The summed E-state index contributed by atoms with van der Waals surface area (Å²) in [4.78, 5) is 6.86. The average molecular weight is 429 g/mol. The van der Waals surface area contributed by atoms with Crippen molar-refractivity contribution in [2.75, 3.05) is 40.4 Å². The molecule has 0 bridgehead atoms. The summed E-state index contributed by atoms with van der Waals surface area (Å²) >= 11 is 0. The van der Waals surface area contributed by atoms with Gasteiger partial charge in [0.15, 0.2) is 17.5 Å². The fraction of sp³-hybridized carbons (Fsp3) is 0.458. The van der Waals surface area contributed by atoms with E-state index in [9.17, 15) is 4.39 Å². The van der Waals surface area contributed by atoms with Crippen molar-refractivity contribution < 1.29 is 13.9 Å². The summed E-state index contributed by atoms with van der Waals surface area (Å²) < 4.78 is 24.9. The van der Waals surface area contributed by atoms with Crippen LogP contribution >= 0.6 is 0 Å². The zero-order valence-corrected chi connectivity index (χ0v) is 18.4. The number of hydrogen-bond acceptors (Lipinski definition) is 4. The summed E-state index contributed by atoms with van der Waals surface area (Å²) in [5.74, 6) is 1.23. The topological polar surface area (TPSA) is 58.1 Å². The molecule has 0 amide bonds. The highest BCUT2D eigenvalue weighted by Gasteiger charge is 2.19. The molecule has 0 saturated carbocycles. The predicted molar refractivity (Wildman–Crippen MR) is 122 cm³/mol. The molecule has 2 N–H and O–H groups in total. The van der Waals surface area contributed by atoms with E-state index < -0.39 is 0 Å². The van der Waals surface area contributed by atoms with Crippen LogP contribution in [0.4, 0.5) is 4.39 Å². The lowest BCUT2D eigenvalue weighted by atomic mass is 10.1. The Morgan fingerprint density at radius 1 is 1.10 bits per heavy atom. The van der Waals surface area contributed by atoms with E-state index in [0.717, 1.165) is 57.0 Å². The highest BCUT2D eigenvalue weighted by molar-refractivity contribution is 5.80. The summed E-state index contributed by atoms with van der Waals surface area (Å²) in [6, 6.07) is 14.5. The monoisotopic (exact) mass is 428 g/mol. The summed E-state index contributed by atoms with van der Waals surface area (Å²) in [7, 11) is 3.52. The number of benzene rings is 2. The van der Waals surface area contributed by atoms with Gasteiger partial charge in [0.05, 0.1) is 0 Å². The SMILES string of the molecule is CN=C(NCc1ccccc1Oc1ccccc1F)NC1CCN(CCCOC)CC1. The van der Waals surface area contributed by atoms with Crippen LogP contribution in [0.2, 0.25) is 0 Å². The van der Waals surface area contributed by atoms with Gasteiger partial charge in [0.1, 0.15) is 5.75 Å². The number of nitrogens with zero attached hydrogens (tertiary/aromatic N) is 2. The highest BCUT2D eigenvalue weighted by atomic mass is 19.1. The Balaban J connectivity index is 1.50. The standard InChI is InChI=1S/C24H33FN4O2/c1-26-24(28-20-12-15-29(16-13-20)14-7-17-30-2)27-18-19-8-3-5-10-22(19)31-23-11-6-4-9-21(23)25/h3-6,8-11,20H,7,12-18H2,1-2H3,(H2,26,27,28). The molecule has 1 heterocycles. The molecular formula is C24H33FN4O2. The van der Waals surface area contributed by atoms with Gasteiger partial charge in [-0.2, -0.15) is 0 Å². The maximum absolute atomic E-state index is 14.0. The van der Waals surface area contributed by atoms with Gasteiger partial charge in [0, 0.05) is 58.5 Å². The number of aliphatic imine (C=N–C) groups is 1. The molecule has 31 heavy (non-hydrogen) atoms. The van der Waals surface area contributed by atoms with Crippen LogP contribution in [0.3, 0.4) is 0 Å². The second kappa shape index (κ2) is 12.3. The molecule has 3 rings (SSSR count). The van der Waals surface area contributed by atoms with Crippen molar-refractivity contribution in [1.29, 1.82) is 0 Å². The van der Waals surface area contributed by atoms with Crippen molar-refractivity contribution >= 4 is 5.96 Å². The molecule has 0 unspecified atom stereocenters. The van der Waals surface area contributed by atoms with E-state index >= 15 is 0 Å². The van der Waals surface area contributed by atoms with Crippen LogP contribution in [0.15, 0.2) is 53.5 Å². The van der Waals surface area contributed by atoms with Crippen molar-refractivity contribution in [3.05, 3.63) is 59.9 Å². The largest absolute Gasteiger partial charge is 0.454 e. The minimum atomic E-state index is -0.378. The van der Waals surface area contributed by atoms with Crippen molar-refractivity contribution in [2.24, 2.45) is 4.99 Å². The van der Waals surface area contributed by atoms with E-state index in [1.54, 1.807) is 32.4 Å². The average Bonchev–Trinajstić information content (AvgIpc) is 2.80. The van der Waals surface area contributed by atoms with Crippen molar-refractivity contribution in [3.63, 3.8) is 0 Å². The van der Waals surface area contributed by atoms with Gasteiger partial charge < -0.3 is 25.0 Å². The second-order valence-corrected chi connectivity index (χ2v) is 7.67. The number of nitrogens with one attached hydrogen (secondary N) is 2. The van der Waals surface area contributed by atoms with Gasteiger partial charge in [-0.3, -0.25) is 4.99 Å². The summed E-state index contributed by atoms with van der Waals surface area (Å²) in [6.07, 6.45) is 3.24. The van der Waals surface area contributed by atoms with Crippen LogP contribution < -0.4 is 15.4 Å². The Kier molecular flexibility index (Phi) is 9.12. The molecule has 0 aliphatic carbocycles. The first-order chi connectivity index (χ1) is 15.2. The maximum atomic E-state index is 14.0. The van der Waals surface area contributed by atoms with Crippen LogP contribution in [0, 0.1) is 5.82 Å². The Morgan fingerprint density at radius 3 is 2.52 bits per heavy atom. The normalized spacial score (nSPS) is 15.6. The Hall–Kier alpha value is -2.64. The fourth-order valence-corrected chi connectivity index (χ4v) is 3.70. The third kappa shape index (κ3) is 7.22. The molecule has 168 valence electrons. The quantitative estimate of drug-likeness (QED) is 0.362. The van der Waals surface area contributed by atoms with E-state index in [0.29, 0.717) is 18.3 Å². The highest BCUT2D eigenvalue weighted by Crippen LogP contribution is 2.27. The van der Waals surface area contributed by atoms with Crippen LogP contribution in [-0.2, 0) is 11.3 Å². The molecule has 1 aliphatic rings.